The van der Waals surface area contributed by atoms with Crippen LogP contribution in [0.25, 0.3) is 0 Å². The van der Waals surface area contributed by atoms with Crippen LogP contribution < -0.4 is 4.74 Å². The molecular weight excluding hydrogens is 360 g/mol. The lowest BCUT2D eigenvalue weighted by molar-refractivity contribution is 0.0519. The van der Waals surface area contributed by atoms with Gasteiger partial charge in [0.25, 0.3) is 5.91 Å². The van der Waals surface area contributed by atoms with Crippen LogP contribution in [0.2, 0.25) is 0 Å². The van der Waals surface area contributed by atoms with Crippen molar-refractivity contribution in [2.75, 3.05) is 19.8 Å². The number of benzene rings is 1. The van der Waals surface area contributed by atoms with Crippen LogP contribution in [-0.4, -0.2) is 58.1 Å². The third-order valence-electron chi connectivity index (χ3n) is 4.96. The van der Waals surface area contributed by atoms with Gasteiger partial charge in [0.2, 0.25) is 0 Å². The Labute approximate surface area is 163 Å². The van der Waals surface area contributed by atoms with Crippen LogP contribution >= 0.6 is 0 Å². The first-order valence-electron chi connectivity index (χ1n) is 9.41. The van der Waals surface area contributed by atoms with Crippen molar-refractivity contribution in [1.82, 2.24) is 9.88 Å². The summed E-state index contributed by atoms with van der Waals surface area (Å²) in [6, 6.07) is 8.05. The van der Waals surface area contributed by atoms with Crippen LogP contribution in [-0.2, 0) is 6.42 Å². The molecule has 1 saturated heterocycles. The van der Waals surface area contributed by atoms with E-state index in [-0.39, 0.29) is 36.5 Å². The molecule has 7 heteroatoms. The van der Waals surface area contributed by atoms with Gasteiger partial charge in [0.05, 0.1) is 11.6 Å². The number of hydrogen-bond donors (Lipinski definition) is 2. The average Bonchev–Trinajstić information content (AvgIpc) is 2.72. The number of likely N-dealkylation sites (tertiary alicyclic amines) is 1. The van der Waals surface area contributed by atoms with E-state index in [1.54, 1.807) is 35.4 Å². The molecule has 2 N–H and O–H groups in total. The van der Waals surface area contributed by atoms with Crippen LogP contribution in [0, 0.1) is 0 Å². The van der Waals surface area contributed by atoms with Crippen molar-refractivity contribution < 1.29 is 24.5 Å². The zero-order chi connectivity index (χ0) is 19.9. The standard InChI is InChI=1S/C21H24N2O5/c24-12-9-15-5-4-10-22-20(15)21(27)23-11-2-1-6-16(23)14-28-19-8-3-7-18(26)17(19)13-25/h3-5,7-8,10,13,16,24,26H,1-2,6,9,11-12,14H2/t16-/m0/s1. The number of aliphatic hydroxyl groups is 1. The van der Waals surface area contributed by atoms with Gasteiger partial charge in [-0.25, -0.2) is 0 Å². The molecule has 0 unspecified atom stereocenters. The zero-order valence-electron chi connectivity index (χ0n) is 15.6. The molecule has 28 heavy (non-hydrogen) atoms. The van der Waals surface area contributed by atoms with Gasteiger partial charge in [-0.3, -0.25) is 14.6 Å². The van der Waals surface area contributed by atoms with Crippen molar-refractivity contribution in [1.29, 1.82) is 0 Å². The lowest BCUT2D eigenvalue weighted by Crippen LogP contribution is -2.47. The highest BCUT2D eigenvalue weighted by Gasteiger charge is 2.30. The summed E-state index contributed by atoms with van der Waals surface area (Å²) in [5.41, 5.74) is 1.18. The maximum atomic E-state index is 13.1. The van der Waals surface area contributed by atoms with Crippen molar-refractivity contribution >= 4 is 12.2 Å². The Bertz CT molecular complexity index is 839. The van der Waals surface area contributed by atoms with Gasteiger partial charge in [0, 0.05) is 19.3 Å². The van der Waals surface area contributed by atoms with Crippen molar-refractivity contribution in [2.45, 2.75) is 31.7 Å². The smallest absolute Gasteiger partial charge is 0.273 e. The van der Waals surface area contributed by atoms with E-state index in [1.807, 2.05) is 0 Å². The summed E-state index contributed by atoms with van der Waals surface area (Å²) in [7, 11) is 0. The van der Waals surface area contributed by atoms with Gasteiger partial charge < -0.3 is 19.8 Å². The number of aliphatic hydroxyl groups excluding tert-OH is 1. The highest BCUT2D eigenvalue weighted by atomic mass is 16.5. The predicted molar refractivity (Wildman–Crippen MR) is 103 cm³/mol. The number of hydrogen-bond acceptors (Lipinski definition) is 6. The van der Waals surface area contributed by atoms with E-state index in [9.17, 15) is 19.8 Å². The molecule has 7 nitrogen and oxygen atoms in total. The Balaban J connectivity index is 1.77. The lowest BCUT2D eigenvalue weighted by Gasteiger charge is -2.35. The Morgan fingerprint density at radius 3 is 2.93 bits per heavy atom. The first kappa shape index (κ1) is 19.8. The summed E-state index contributed by atoms with van der Waals surface area (Å²) in [6.07, 6.45) is 5.16. The fourth-order valence-corrected chi connectivity index (χ4v) is 3.49. The topological polar surface area (TPSA) is 100.0 Å². The van der Waals surface area contributed by atoms with Gasteiger partial charge in [0.1, 0.15) is 23.8 Å². The number of piperidine rings is 1. The lowest BCUT2D eigenvalue weighted by atomic mass is 10.0. The minimum Gasteiger partial charge on any atom is -0.507 e. The second-order valence-electron chi connectivity index (χ2n) is 6.75. The summed E-state index contributed by atoms with van der Waals surface area (Å²) in [5, 5.41) is 19.0. The van der Waals surface area contributed by atoms with E-state index in [4.69, 9.17) is 4.74 Å². The Morgan fingerprint density at radius 1 is 1.29 bits per heavy atom. The van der Waals surface area contributed by atoms with E-state index in [1.165, 1.54) is 6.07 Å². The number of carbonyl (C=O) groups excluding carboxylic acids is 2. The Kier molecular flexibility index (Phi) is 6.60. The number of nitrogens with zero attached hydrogens (tertiary/aromatic N) is 2. The average molecular weight is 384 g/mol. The second kappa shape index (κ2) is 9.32. The number of rotatable bonds is 7. The van der Waals surface area contributed by atoms with Crippen LogP contribution in [0.4, 0.5) is 0 Å². The summed E-state index contributed by atoms with van der Waals surface area (Å²) >= 11 is 0. The monoisotopic (exact) mass is 384 g/mol. The fraction of sp³-hybridized carbons (Fsp3) is 0.381. The predicted octanol–water partition coefficient (Wildman–Crippen LogP) is 2.21. The fourth-order valence-electron chi connectivity index (χ4n) is 3.49. The third kappa shape index (κ3) is 4.31. The molecule has 0 radical (unpaired) electrons. The minimum atomic E-state index is -0.177. The first-order chi connectivity index (χ1) is 13.7. The third-order valence-corrected chi connectivity index (χ3v) is 4.96. The molecule has 1 fully saturated rings. The molecule has 1 aliphatic rings. The number of amides is 1. The molecule has 2 aromatic rings. The molecule has 3 rings (SSSR count). The summed E-state index contributed by atoms with van der Waals surface area (Å²) in [4.78, 5) is 30.3. The molecule has 1 amide bonds. The number of pyridine rings is 1. The normalized spacial score (nSPS) is 16.6. The van der Waals surface area contributed by atoms with Crippen LogP contribution in [0.3, 0.4) is 0 Å². The van der Waals surface area contributed by atoms with Gasteiger partial charge in [0.15, 0.2) is 6.29 Å². The highest BCUT2D eigenvalue weighted by Crippen LogP contribution is 2.27. The van der Waals surface area contributed by atoms with Gasteiger partial charge in [-0.2, -0.15) is 0 Å². The van der Waals surface area contributed by atoms with Crippen molar-refractivity contribution in [3.8, 4) is 11.5 Å². The molecule has 1 aromatic carbocycles. The summed E-state index contributed by atoms with van der Waals surface area (Å²) in [5.74, 6) is -0.0122. The summed E-state index contributed by atoms with van der Waals surface area (Å²) in [6.45, 7) is 0.769. The molecule has 0 spiro atoms. The zero-order valence-corrected chi connectivity index (χ0v) is 15.6. The molecule has 0 aliphatic carbocycles. The van der Waals surface area contributed by atoms with Crippen molar-refractivity contribution in [3.05, 3.63) is 53.3 Å². The molecule has 148 valence electrons. The Hall–Kier alpha value is -2.93. The van der Waals surface area contributed by atoms with Crippen LogP contribution in [0.5, 0.6) is 11.5 Å². The SMILES string of the molecule is O=Cc1c(O)cccc1OC[C@@H]1CCCCN1C(=O)c1ncccc1CCO. The highest BCUT2D eigenvalue weighted by molar-refractivity contribution is 5.94. The van der Waals surface area contributed by atoms with Gasteiger partial charge in [-0.15, -0.1) is 0 Å². The quantitative estimate of drug-likeness (QED) is 0.710. The molecular formula is C21H24N2O5. The van der Waals surface area contributed by atoms with Crippen LogP contribution in [0.1, 0.15) is 45.7 Å². The van der Waals surface area contributed by atoms with E-state index in [0.717, 1.165) is 24.8 Å². The van der Waals surface area contributed by atoms with Crippen LogP contribution in [0.15, 0.2) is 36.5 Å². The molecule has 0 saturated carbocycles. The van der Waals surface area contributed by atoms with E-state index in [0.29, 0.717) is 30.7 Å². The van der Waals surface area contributed by atoms with E-state index in [2.05, 4.69) is 4.98 Å². The second-order valence-corrected chi connectivity index (χ2v) is 6.75. The first-order valence-corrected chi connectivity index (χ1v) is 9.41. The molecule has 0 bridgehead atoms. The van der Waals surface area contributed by atoms with E-state index < -0.39 is 0 Å². The minimum absolute atomic E-state index is 0.0511. The number of aromatic hydroxyl groups is 1. The number of phenolic OH excluding ortho intramolecular Hbond substituents is 1. The van der Waals surface area contributed by atoms with Gasteiger partial charge in [-0.05, 0) is 49.4 Å². The summed E-state index contributed by atoms with van der Waals surface area (Å²) < 4.78 is 5.80. The molecule has 1 aliphatic heterocycles. The maximum Gasteiger partial charge on any atom is 0.273 e. The van der Waals surface area contributed by atoms with Crippen molar-refractivity contribution in [2.24, 2.45) is 0 Å². The largest absolute Gasteiger partial charge is 0.507 e. The molecule has 2 heterocycles. The number of phenols is 1. The number of carbonyl (C=O) groups is 2. The number of ether oxygens (including phenoxy) is 1. The van der Waals surface area contributed by atoms with Crippen molar-refractivity contribution in [3.63, 3.8) is 0 Å². The van der Waals surface area contributed by atoms with Gasteiger partial charge in [-0.1, -0.05) is 12.1 Å². The molecule has 1 aromatic heterocycles. The van der Waals surface area contributed by atoms with E-state index >= 15 is 0 Å². The Morgan fingerprint density at radius 2 is 2.14 bits per heavy atom. The molecule has 1 atom stereocenters. The number of aldehydes is 1. The number of aromatic nitrogens is 1. The maximum absolute atomic E-state index is 13.1. The van der Waals surface area contributed by atoms with Gasteiger partial charge >= 0.3 is 0 Å².